The van der Waals surface area contributed by atoms with Gasteiger partial charge in [-0.2, -0.15) is 0 Å². The number of nitrogens with one attached hydrogen (secondary N) is 1. The topological polar surface area (TPSA) is 86.8 Å². The Bertz CT molecular complexity index is 1390. The summed E-state index contributed by atoms with van der Waals surface area (Å²) < 4.78 is 28.6. The van der Waals surface area contributed by atoms with Crippen LogP contribution < -0.4 is 9.62 Å². The highest BCUT2D eigenvalue weighted by molar-refractivity contribution is 7.92. The van der Waals surface area contributed by atoms with Crippen molar-refractivity contribution >= 4 is 50.7 Å². The molecule has 0 bridgehead atoms. The highest BCUT2D eigenvalue weighted by Gasteiger charge is 2.32. The number of halogens is 2. The molecule has 0 saturated heterocycles. The lowest BCUT2D eigenvalue weighted by atomic mass is 10.1. The summed E-state index contributed by atoms with van der Waals surface area (Å²) in [5, 5.41) is 3.72. The Kier molecular flexibility index (Phi) is 10.4. The first-order valence-corrected chi connectivity index (χ1v) is 14.7. The molecule has 2 amide bonds. The van der Waals surface area contributed by atoms with Crippen LogP contribution in [0.1, 0.15) is 31.9 Å². The Hall–Kier alpha value is -3.07. The van der Waals surface area contributed by atoms with Gasteiger partial charge >= 0.3 is 0 Å². The molecule has 0 aliphatic carbocycles. The lowest BCUT2D eigenvalue weighted by Gasteiger charge is -2.32. The van der Waals surface area contributed by atoms with Crippen molar-refractivity contribution in [2.45, 2.75) is 45.2 Å². The molecule has 0 aliphatic heterocycles. The molecule has 0 spiro atoms. The van der Waals surface area contributed by atoms with E-state index in [2.05, 4.69) is 5.32 Å². The molecule has 1 atom stereocenters. The Morgan fingerprint density at radius 1 is 0.897 bits per heavy atom. The second-order valence-electron chi connectivity index (χ2n) is 9.77. The van der Waals surface area contributed by atoms with Crippen molar-refractivity contribution in [1.29, 1.82) is 0 Å². The van der Waals surface area contributed by atoms with Crippen LogP contribution in [0.2, 0.25) is 10.0 Å². The highest BCUT2D eigenvalue weighted by atomic mass is 35.5. The van der Waals surface area contributed by atoms with Gasteiger partial charge in [-0.05, 0) is 67.8 Å². The van der Waals surface area contributed by atoms with Crippen LogP contribution >= 0.6 is 23.2 Å². The maximum Gasteiger partial charge on any atom is 0.264 e. The van der Waals surface area contributed by atoms with Crippen LogP contribution in [0.5, 0.6) is 0 Å². The van der Waals surface area contributed by atoms with Gasteiger partial charge in [-0.25, -0.2) is 8.42 Å². The van der Waals surface area contributed by atoms with Gasteiger partial charge in [0.2, 0.25) is 11.8 Å². The zero-order valence-electron chi connectivity index (χ0n) is 22.4. The number of benzene rings is 3. The van der Waals surface area contributed by atoms with E-state index in [0.717, 1.165) is 15.4 Å². The lowest BCUT2D eigenvalue weighted by Crippen LogP contribution is -2.51. The average molecular weight is 591 g/mol. The minimum absolute atomic E-state index is 0.0350. The van der Waals surface area contributed by atoms with Gasteiger partial charge in [-0.3, -0.25) is 13.9 Å². The number of carbonyl (C=O) groups is 2. The number of sulfonamides is 1. The third kappa shape index (κ3) is 8.21. The monoisotopic (exact) mass is 589 g/mol. The van der Waals surface area contributed by atoms with Crippen LogP contribution in [0.3, 0.4) is 0 Å². The number of carbonyl (C=O) groups excluding carboxylic acids is 2. The molecule has 39 heavy (non-hydrogen) atoms. The van der Waals surface area contributed by atoms with Crippen molar-refractivity contribution in [2.24, 2.45) is 5.92 Å². The Morgan fingerprint density at radius 2 is 1.54 bits per heavy atom. The van der Waals surface area contributed by atoms with E-state index in [4.69, 9.17) is 23.2 Å². The van der Waals surface area contributed by atoms with Gasteiger partial charge in [0.1, 0.15) is 12.6 Å². The second kappa shape index (κ2) is 13.3. The second-order valence-corrected chi connectivity index (χ2v) is 12.5. The number of nitrogens with zero attached hydrogens (tertiary/aromatic N) is 2. The summed E-state index contributed by atoms with van der Waals surface area (Å²) in [5.41, 5.74) is 1.88. The maximum absolute atomic E-state index is 13.9. The van der Waals surface area contributed by atoms with Crippen LogP contribution in [0.15, 0.2) is 77.7 Å². The zero-order chi connectivity index (χ0) is 28.7. The van der Waals surface area contributed by atoms with Crippen LogP contribution in [-0.2, 0) is 26.2 Å². The van der Waals surface area contributed by atoms with Gasteiger partial charge in [-0.1, -0.05) is 72.9 Å². The van der Waals surface area contributed by atoms with E-state index in [0.29, 0.717) is 16.6 Å². The zero-order valence-corrected chi connectivity index (χ0v) is 24.7. The molecule has 0 radical (unpaired) electrons. The fourth-order valence-corrected chi connectivity index (χ4v) is 5.54. The normalized spacial score (nSPS) is 12.2. The number of amides is 2. The Morgan fingerprint density at radius 3 is 2.13 bits per heavy atom. The van der Waals surface area contributed by atoms with Crippen LogP contribution in [0, 0.1) is 12.8 Å². The van der Waals surface area contributed by atoms with Crippen molar-refractivity contribution in [1.82, 2.24) is 10.2 Å². The van der Waals surface area contributed by atoms with E-state index in [-0.39, 0.29) is 29.0 Å². The van der Waals surface area contributed by atoms with Crippen molar-refractivity contribution in [3.05, 3.63) is 94.0 Å². The van der Waals surface area contributed by atoms with Crippen molar-refractivity contribution in [2.75, 3.05) is 17.4 Å². The van der Waals surface area contributed by atoms with Gasteiger partial charge in [0.15, 0.2) is 0 Å². The quantitative estimate of drug-likeness (QED) is 0.311. The molecule has 0 aromatic heterocycles. The van der Waals surface area contributed by atoms with Gasteiger partial charge in [-0.15, -0.1) is 0 Å². The molecule has 7 nitrogen and oxygen atoms in total. The predicted octanol–water partition coefficient (Wildman–Crippen LogP) is 5.69. The van der Waals surface area contributed by atoms with E-state index in [1.807, 2.05) is 20.8 Å². The van der Waals surface area contributed by atoms with Gasteiger partial charge in [0.25, 0.3) is 10.0 Å². The van der Waals surface area contributed by atoms with Crippen molar-refractivity contribution in [3.63, 3.8) is 0 Å². The number of aryl methyl sites for hydroxylation is 1. The maximum atomic E-state index is 13.9. The van der Waals surface area contributed by atoms with E-state index in [1.54, 1.807) is 61.5 Å². The number of rotatable bonds is 11. The molecule has 0 unspecified atom stereocenters. The third-order valence-electron chi connectivity index (χ3n) is 6.10. The summed E-state index contributed by atoms with van der Waals surface area (Å²) in [5.74, 6) is -0.658. The Labute approximate surface area is 240 Å². The molecule has 0 heterocycles. The highest BCUT2D eigenvalue weighted by Crippen LogP contribution is 2.27. The molecular formula is C29H33Cl2N3O4S. The molecule has 3 aromatic carbocycles. The fraction of sp³-hybridized carbons (Fsp3) is 0.310. The summed E-state index contributed by atoms with van der Waals surface area (Å²) in [6, 6.07) is 18.7. The molecule has 1 N–H and O–H groups in total. The summed E-state index contributed by atoms with van der Waals surface area (Å²) >= 11 is 12.2. The fourth-order valence-electron chi connectivity index (χ4n) is 3.82. The molecule has 0 aliphatic rings. The van der Waals surface area contributed by atoms with Crippen LogP contribution in [0.4, 0.5) is 5.69 Å². The van der Waals surface area contributed by atoms with Crippen molar-refractivity contribution < 1.29 is 18.0 Å². The minimum Gasteiger partial charge on any atom is -0.354 e. The average Bonchev–Trinajstić information content (AvgIpc) is 2.89. The summed E-state index contributed by atoms with van der Waals surface area (Å²) in [6.07, 6.45) is 0. The first-order valence-electron chi connectivity index (χ1n) is 12.5. The molecule has 3 aromatic rings. The standard InChI is InChI=1S/C29H33Cl2N3O4S/c1-20(2)17-32-29(36)22(4)33(18-23-10-12-24(30)13-11-23)28(35)19-34(26-7-5-6-25(31)16-26)39(37,38)27-14-8-21(3)9-15-27/h5-16,20,22H,17-19H2,1-4H3,(H,32,36)/t22-/m1/s1. The van der Waals surface area contributed by atoms with Gasteiger partial charge < -0.3 is 10.2 Å². The van der Waals surface area contributed by atoms with E-state index >= 15 is 0 Å². The minimum atomic E-state index is -4.15. The van der Waals surface area contributed by atoms with Crippen LogP contribution in [-0.4, -0.2) is 44.3 Å². The summed E-state index contributed by atoms with van der Waals surface area (Å²) in [6.45, 7) is 7.42. The lowest BCUT2D eigenvalue weighted by molar-refractivity contribution is -0.139. The van der Waals surface area contributed by atoms with E-state index < -0.39 is 28.5 Å². The third-order valence-corrected chi connectivity index (χ3v) is 8.38. The number of hydrogen-bond acceptors (Lipinski definition) is 4. The number of anilines is 1. The van der Waals surface area contributed by atoms with E-state index in [9.17, 15) is 18.0 Å². The molecular weight excluding hydrogens is 557 g/mol. The molecule has 10 heteroatoms. The molecule has 208 valence electrons. The number of hydrogen-bond donors (Lipinski definition) is 1. The first-order chi connectivity index (χ1) is 18.4. The largest absolute Gasteiger partial charge is 0.354 e. The van der Waals surface area contributed by atoms with Gasteiger partial charge in [0, 0.05) is 23.1 Å². The first kappa shape index (κ1) is 30.5. The molecule has 0 saturated carbocycles. The smallest absolute Gasteiger partial charge is 0.264 e. The SMILES string of the molecule is Cc1ccc(S(=O)(=O)N(CC(=O)N(Cc2ccc(Cl)cc2)[C@H](C)C(=O)NCC(C)C)c2cccc(Cl)c2)cc1. The summed E-state index contributed by atoms with van der Waals surface area (Å²) in [4.78, 5) is 28.3. The molecule has 0 fully saturated rings. The predicted molar refractivity (Wildman–Crippen MR) is 156 cm³/mol. The van der Waals surface area contributed by atoms with Crippen molar-refractivity contribution in [3.8, 4) is 0 Å². The van der Waals surface area contributed by atoms with Gasteiger partial charge in [0.05, 0.1) is 10.6 Å². The molecule has 3 rings (SSSR count). The summed E-state index contributed by atoms with van der Waals surface area (Å²) in [7, 11) is -4.15. The van der Waals surface area contributed by atoms with E-state index in [1.165, 1.54) is 23.1 Å². The Balaban J connectivity index is 2.01. The van der Waals surface area contributed by atoms with Crippen LogP contribution in [0.25, 0.3) is 0 Å².